The van der Waals surface area contributed by atoms with Gasteiger partial charge in [0.15, 0.2) is 0 Å². The molecule has 0 aliphatic heterocycles. The summed E-state index contributed by atoms with van der Waals surface area (Å²) in [7, 11) is 0. The first kappa shape index (κ1) is 19.9. The molecule has 4 heteroatoms. The lowest BCUT2D eigenvalue weighted by Crippen LogP contribution is -2.52. The van der Waals surface area contributed by atoms with Crippen LogP contribution < -0.4 is 10.6 Å². The summed E-state index contributed by atoms with van der Waals surface area (Å²) in [6.45, 7) is 2.22. The van der Waals surface area contributed by atoms with Crippen LogP contribution in [0.5, 0.6) is 0 Å². The van der Waals surface area contributed by atoms with Crippen LogP contribution in [0.15, 0.2) is 66.7 Å². The fourth-order valence-corrected chi connectivity index (χ4v) is 4.52. The number of hydrogen-bond donors (Lipinski definition) is 2. The summed E-state index contributed by atoms with van der Waals surface area (Å²) in [6.07, 6.45) is 4.40. The van der Waals surface area contributed by atoms with E-state index in [2.05, 4.69) is 60.0 Å². The molecule has 0 heterocycles. The maximum Gasteiger partial charge on any atom is 0.251 e. The minimum atomic E-state index is -0.0295. The Hall–Kier alpha value is -2.36. The monoisotopic (exact) mass is 406 g/mol. The minimum absolute atomic E-state index is 0.0295. The van der Waals surface area contributed by atoms with E-state index in [4.69, 9.17) is 11.6 Å². The summed E-state index contributed by atoms with van der Waals surface area (Å²) in [4.78, 5) is 12.7. The highest BCUT2D eigenvalue weighted by atomic mass is 35.5. The Bertz CT molecular complexity index is 980. The molecule has 1 aliphatic rings. The number of fused-ring (bicyclic) bond motifs is 1. The Morgan fingerprint density at radius 1 is 0.931 bits per heavy atom. The van der Waals surface area contributed by atoms with Crippen molar-refractivity contribution in [1.82, 2.24) is 10.6 Å². The summed E-state index contributed by atoms with van der Waals surface area (Å²) >= 11 is 5.95. The number of benzene rings is 3. The predicted octanol–water partition coefficient (Wildman–Crippen LogP) is 5.89. The first-order chi connectivity index (χ1) is 14.1. The first-order valence-corrected chi connectivity index (χ1v) is 10.8. The number of amides is 1. The molecular weight excluding hydrogens is 380 g/mol. The van der Waals surface area contributed by atoms with E-state index < -0.39 is 0 Å². The van der Waals surface area contributed by atoms with Gasteiger partial charge >= 0.3 is 0 Å². The molecular formula is C25H27ClN2O. The highest BCUT2D eigenvalue weighted by Crippen LogP contribution is 2.27. The number of carbonyl (C=O) groups excluding carboxylic acids is 1. The van der Waals surface area contributed by atoms with Gasteiger partial charge in [0.1, 0.15) is 0 Å². The second-order valence-electron chi connectivity index (χ2n) is 7.93. The van der Waals surface area contributed by atoms with Gasteiger partial charge in [0, 0.05) is 28.7 Å². The largest absolute Gasteiger partial charge is 0.348 e. The van der Waals surface area contributed by atoms with Crippen LogP contribution in [0, 0.1) is 0 Å². The van der Waals surface area contributed by atoms with Gasteiger partial charge in [0.2, 0.25) is 0 Å². The fourth-order valence-electron chi connectivity index (χ4n) is 4.40. The number of rotatable bonds is 5. The van der Waals surface area contributed by atoms with Crippen LogP contribution in [-0.4, -0.2) is 18.0 Å². The molecule has 0 aromatic heterocycles. The van der Waals surface area contributed by atoms with E-state index >= 15 is 0 Å². The predicted molar refractivity (Wildman–Crippen MR) is 120 cm³/mol. The van der Waals surface area contributed by atoms with Crippen molar-refractivity contribution in [2.45, 2.75) is 50.7 Å². The topological polar surface area (TPSA) is 41.1 Å². The van der Waals surface area contributed by atoms with Crippen molar-refractivity contribution in [3.05, 3.63) is 82.9 Å². The van der Waals surface area contributed by atoms with Gasteiger partial charge in [-0.05, 0) is 60.4 Å². The Labute approximate surface area is 177 Å². The van der Waals surface area contributed by atoms with E-state index in [9.17, 15) is 4.79 Å². The maximum absolute atomic E-state index is 12.7. The molecule has 3 atom stereocenters. The zero-order valence-electron chi connectivity index (χ0n) is 16.7. The molecule has 0 saturated heterocycles. The molecule has 1 unspecified atom stereocenters. The van der Waals surface area contributed by atoms with Crippen LogP contribution in [0.3, 0.4) is 0 Å². The van der Waals surface area contributed by atoms with E-state index in [0.717, 1.165) is 19.3 Å². The van der Waals surface area contributed by atoms with Crippen LogP contribution in [0.4, 0.5) is 0 Å². The molecule has 2 N–H and O–H groups in total. The van der Waals surface area contributed by atoms with E-state index in [-0.39, 0.29) is 24.0 Å². The molecule has 4 rings (SSSR count). The molecule has 0 spiro atoms. The normalized spacial score (nSPS) is 20.3. The highest BCUT2D eigenvalue weighted by molar-refractivity contribution is 6.30. The standard InChI is InChI=1S/C25H27ClN2O/c1-17(21-10-6-8-18-7-2-3-9-22(18)21)27-23-11-4-5-12-24(23)28-25(29)19-13-15-20(26)16-14-19/h2-3,6-10,13-17,23-24,27H,4-5,11-12H2,1H3,(H,28,29)/t17-,23+,24?/m1/s1. The number of halogens is 1. The van der Waals surface area contributed by atoms with E-state index in [1.807, 2.05) is 0 Å². The molecule has 1 amide bonds. The molecule has 0 radical (unpaired) electrons. The van der Waals surface area contributed by atoms with Crippen LogP contribution in [0.25, 0.3) is 10.8 Å². The fraction of sp³-hybridized carbons (Fsp3) is 0.320. The Morgan fingerprint density at radius 3 is 2.41 bits per heavy atom. The van der Waals surface area contributed by atoms with Crippen molar-refractivity contribution in [3.8, 4) is 0 Å². The second kappa shape index (κ2) is 8.98. The second-order valence-corrected chi connectivity index (χ2v) is 8.37. The van der Waals surface area contributed by atoms with Crippen molar-refractivity contribution < 1.29 is 4.79 Å². The van der Waals surface area contributed by atoms with Crippen molar-refractivity contribution in [2.75, 3.05) is 0 Å². The van der Waals surface area contributed by atoms with Crippen LogP contribution >= 0.6 is 11.6 Å². The quantitative estimate of drug-likeness (QED) is 0.555. The van der Waals surface area contributed by atoms with Gasteiger partial charge < -0.3 is 10.6 Å². The third-order valence-electron chi connectivity index (χ3n) is 5.94. The molecule has 3 aromatic rings. The molecule has 29 heavy (non-hydrogen) atoms. The lowest BCUT2D eigenvalue weighted by atomic mass is 9.88. The average molecular weight is 407 g/mol. The Balaban J connectivity index is 1.48. The van der Waals surface area contributed by atoms with Crippen molar-refractivity contribution in [2.24, 2.45) is 0 Å². The van der Waals surface area contributed by atoms with Crippen LogP contribution in [0.2, 0.25) is 5.02 Å². The smallest absolute Gasteiger partial charge is 0.251 e. The molecule has 3 nitrogen and oxygen atoms in total. The van der Waals surface area contributed by atoms with Crippen LogP contribution in [-0.2, 0) is 0 Å². The molecule has 150 valence electrons. The van der Waals surface area contributed by atoms with Gasteiger partial charge in [-0.3, -0.25) is 4.79 Å². The maximum atomic E-state index is 12.7. The number of carbonyl (C=O) groups is 1. The minimum Gasteiger partial charge on any atom is -0.348 e. The Kier molecular flexibility index (Phi) is 6.17. The van der Waals surface area contributed by atoms with Gasteiger partial charge in [-0.2, -0.15) is 0 Å². The lowest BCUT2D eigenvalue weighted by molar-refractivity contribution is 0.0913. The Morgan fingerprint density at radius 2 is 1.62 bits per heavy atom. The molecule has 0 bridgehead atoms. The third-order valence-corrected chi connectivity index (χ3v) is 6.19. The highest BCUT2D eigenvalue weighted by Gasteiger charge is 2.28. The van der Waals surface area contributed by atoms with Gasteiger partial charge in [-0.1, -0.05) is 66.9 Å². The van der Waals surface area contributed by atoms with E-state index in [1.165, 1.54) is 22.8 Å². The van der Waals surface area contributed by atoms with Crippen molar-refractivity contribution in [3.63, 3.8) is 0 Å². The summed E-state index contributed by atoms with van der Waals surface area (Å²) < 4.78 is 0. The molecule has 1 saturated carbocycles. The van der Waals surface area contributed by atoms with Crippen molar-refractivity contribution in [1.29, 1.82) is 0 Å². The number of nitrogens with one attached hydrogen (secondary N) is 2. The van der Waals surface area contributed by atoms with Gasteiger partial charge in [0.05, 0.1) is 0 Å². The van der Waals surface area contributed by atoms with Gasteiger partial charge in [-0.25, -0.2) is 0 Å². The first-order valence-electron chi connectivity index (χ1n) is 10.4. The van der Waals surface area contributed by atoms with E-state index in [0.29, 0.717) is 10.6 Å². The summed E-state index contributed by atoms with van der Waals surface area (Å²) in [5.41, 5.74) is 1.96. The summed E-state index contributed by atoms with van der Waals surface area (Å²) in [6, 6.07) is 22.7. The summed E-state index contributed by atoms with van der Waals surface area (Å²) in [5, 5.41) is 10.2. The van der Waals surface area contributed by atoms with Gasteiger partial charge in [-0.15, -0.1) is 0 Å². The molecule has 1 aliphatic carbocycles. The number of hydrogen-bond acceptors (Lipinski definition) is 2. The van der Waals surface area contributed by atoms with Crippen molar-refractivity contribution >= 4 is 28.3 Å². The average Bonchev–Trinajstić information content (AvgIpc) is 2.75. The molecule has 1 fully saturated rings. The SMILES string of the molecule is C[C@@H](N[C@H]1CCCCC1NC(=O)c1ccc(Cl)cc1)c1cccc2ccccc12. The van der Waals surface area contributed by atoms with E-state index in [1.54, 1.807) is 24.3 Å². The zero-order chi connectivity index (χ0) is 20.2. The summed E-state index contributed by atoms with van der Waals surface area (Å²) in [5.74, 6) is -0.0295. The molecule has 3 aromatic carbocycles. The van der Waals surface area contributed by atoms with Crippen LogP contribution in [0.1, 0.15) is 54.6 Å². The third kappa shape index (κ3) is 4.63. The lowest BCUT2D eigenvalue weighted by Gasteiger charge is -2.35. The van der Waals surface area contributed by atoms with Gasteiger partial charge in [0.25, 0.3) is 5.91 Å². The zero-order valence-corrected chi connectivity index (χ0v) is 17.5.